The number of carbonyl (C=O) groups is 1. The van der Waals surface area contributed by atoms with Crippen LogP contribution in [0.2, 0.25) is 0 Å². The van der Waals surface area contributed by atoms with E-state index >= 15 is 0 Å². The average Bonchev–Trinajstić information content (AvgIpc) is 2.82. The molecule has 0 aliphatic carbocycles. The maximum Gasteiger partial charge on any atom is 0.337 e. The van der Waals surface area contributed by atoms with Gasteiger partial charge in [-0.2, -0.15) is 0 Å². The maximum absolute atomic E-state index is 11.4. The van der Waals surface area contributed by atoms with Crippen LogP contribution in [0.4, 0.5) is 5.69 Å². The molecule has 0 aliphatic heterocycles. The first kappa shape index (κ1) is 14.1. The number of carbonyl (C=O) groups excluding carboxylic acids is 1. The number of hydrogen-bond donors (Lipinski definition) is 1. The van der Waals surface area contributed by atoms with Crippen molar-refractivity contribution < 1.29 is 9.53 Å². The highest BCUT2D eigenvalue weighted by Crippen LogP contribution is 2.22. The molecule has 1 aromatic heterocycles. The first-order valence-corrected chi connectivity index (χ1v) is 7.43. The van der Waals surface area contributed by atoms with Crippen LogP contribution < -0.4 is 5.32 Å². The van der Waals surface area contributed by atoms with Crippen LogP contribution in [-0.2, 0) is 11.3 Å². The van der Waals surface area contributed by atoms with Crippen molar-refractivity contribution in [1.82, 2.24) is 0 Å². The Morgan fingerprint density at radius 2 is 2.21 bits per heavy atom. The monoisotopic (exact) mass is 339 g/mol. The molecule has 19 heavy (non-hydrogen) atoms. The fraction of sp³-hybridized carbons (Fsp3) is 0.214. The summed E-state index contributed by atoms with van der Waals surface area (Å²) in [6, 6.07) is 7.60. The van der Waals surface area contributed by atoms with E-state index in [1.165, 1.54) is 12.0 Å². The van der Waals surface area contributed by atoms with E-state index in [4.69, 9.17) is 4.74 Å². The van der Waals surface area contributed by atoms with Gasteiger partial charge in [0.1, 0.15) is 0 Å². The Morgan fingerprint density at radius 1 is 1.42 bits per heavy atom. The second-order valence-electron chi connectivity index (χ2n) is 4.11. The molecule has 0 spiro atoms. The Kier molecular flexibility index (Phi) is 4.61. The minimum atomic E-state index is -0.308. The number of esters is 1. The number of benzene rings is 1. The smallest absolute Gasteiger partial charge is 0.337 e. The Labute approximate surface area is 124 Å². The zero-order valence-corrected chi connectivity index (χ0v) is 13.1. The van der Waals surface area contributed by atoms with Crippen LogP contribution in [0.25, 0.3) is 0 Å². The van der Waals surface area contributed by atoms with E-state index in [-0.39, 0.29) is 5.97 Å². The van der Waals surface area contributed by atoms with Crippen molar-refractivity contribution in [3.63, 3.8) is 0 Å². The zero-order valence-electron chi connectivity index (χ0n) is 10.7. The molecule has 0 aliphatic rings. The van der Waals surface area contributed by atoms with Gasteiger partial charge in [-0.1, -0.05) is 0 Å². The van der Waals surface area contributed by atoms with Gasteiger partial charge in [0, 0.05) is 27.0 Å². The van der Waals surface area contributed by atoms with Crippen molar-refractivity contribution in [2.75, 3.05) is 12.4 Å². The second kappa shape index (κ2) is 6.21. The zero-order chi connectivity index (χ0) is 13.8. The Balaban J connectivity index is 2.07. The van der Waals surface area contributed by atoms with Gasteiger partial charge in [-0.3, -0.25) is 0 Å². The number of hydrogen-bond acceptors (Lipinski definition) is 4. The van der Waals surface area contributed by atoms with Crippen LogP contribution >= 0.6 is 27.3 Å². The van der Waals surface area contributed by atoms with Crippen molar-refractivity contribution in [3.05, 3.63) is 50.1 Å². The number of anilines is 1. The lowest BCUT2D eigenvalue weighted by molar-refractivity contribution is 0.0600. The molecule has 1 N–H and O–H groups in total. The standard InChI is InChI=1S/C14H14BrNO2S/c1-9-5-10(14(17)18-2)3-4-13(9)16-7-12-6-11(15)8-19-12/h3-6,8,16H,7H2,1-2H3. The molecule has 0 saturated heterocycles. The first-order valence-electron chi connectivity index (χ1n) is 5.76. The van der Waals surface area contributed by atoms with E-state index in [1.807, 2.05) is 19.1 Å². The normalized spacial score (nSPS) is 10.3. The quantitative estimate of drug-likeness (QED) is 0.847. The van der Waals surface area contributed by atoms with Gasteiger partial charge in [-0.15, -0.1) is 11.3 Å². The minimum Gasteiger partial charge on any atom is -0.465 e. The molecular formula is C14H14BrNO2S. The maximum atomic E-state index is 11.4. The van der Waals surface area contributed by atoms with Gasteiger partial charge < -0.3 is 10.1 Å². The van der Waals surface area contributed by atoms with E-state index in [0.717, 1.165) is 22.3 Å². The van der Waals surface area contributed by atoms with Gasteiger partial charge in [0.25, 0.3) is 0 Å². The summed E-state index contributed by atoms with van der Waals surface area (Å²) in [5.41, 5.74) is 2.63. The summed E-state index contributed by atoms with van der Waals surface area (Å²) in [6.07, 6.45) is 0. The van der Waals surface area contributed by atoms with E-state index in [0.29, 0.717) is 5.56 Å². The molecule has 5 heteroatoms. The predicted molar refractivity (Wildman–Crippen MR) is 81.9 cm³/mol. The van der Waals surface area contributed by atoms with Crippen LogP contribution in [0.1, 0.15) is 20.8 Å². The number of ether oxygens (including phenoxy) is 1. The average molecular weight is 340 g/mol. The summed E-state index contributed by atoms with van der Waals surface area (Å²) in [6.45, 7) is 2.74. The van der Waals surface area contributed by atoms with Gasteiger partial charge in [0.15, 0.2) is 0 Å². The number of thiophene rings is 1. The van der Waals surface area contributed by atoms with Crippen LogP contribution in [0.5, 0.6) is 0 Å². The van der Waals surface area contributed by atoms with Crippen molar-refractivity contribution in [2.24, 2.45) is 0 Å². The second-order valence-corrected chi connectivity index (χ2v) is 6.02. The molecule has 0 unspecified atom stereocenters. The van der Waals surface area contributed by atoms with Crippen LogP contribution in [-0.4, -0.2) is 13.1 Å². The molecule has 100 valence electrons. The molecule has 0 radical (unpaired) electrons. The van der Waals surface area contributed by atoms with Crippen molar-refractivity contribution in [3.8, 4) is 0 Å². The molecule has 0 amide bonds. The first-order chi connectivity index (χ1) is 9.10. The fourth-order valence-corrected chi connectivity index (χ4v) is 3.13. The van der Waals surface area contributed by atoms with Crippen LogP contribution in [0.15, 0.2) is 34.1 Å². The van der Waals surface area contributed by atoms with Crippen molar-refractivity contribution in [2.45, 2.75) is 13.5 Å². The molecule has 2 aromatic rings. The Bertz CT molecular complexity index is 595. The highest BCUT2D eigenvalue weighted by Gasteiger charge is 2.07. The van der Waals surface area contributed by atoms with Gasteiger partial charge in [-0.25, -0.2) is 4.79 Å². The van der Waals surface area contributed by atoms with Gasteiger partial charge in [-0.05, 0) is 52.7 Å². The highest BCUT2D eigenvalue weighted by atomic mass is 79.9. The summed E-state index contributed by atoms with van der Waals surface area (Å²) in [4.78, 5) is 12.7. The van der Waals surface area contributed by atoms with E-state index < -0.39 is 0 Å². The Morgan fingerprint density at radius 3 is 2.79 bits per heavy atom. The van der Waals surface area contributed by atoms with Crippen molar-refractivity contribution >= 4 is 38.9 Å². The summed E-state index contributed by atoms with van der Waals surface area (Å²) < 4.78 is 5.80. The summed E-state index contributed by atoms with van der Waals surface area (Å²) in [7, 11) is 1.39. The molecule has 0 bridgehead atoms. The summed E-state index contributed by atoms with van der Waals surface area (Å²) in [5.74, 6) is -0.308. The number of aryl methyl sites for hydroxylation is 1. The number of halogens is 1. The number of nitrogens with one attached hydrogen (secondary N) is 1. The molecule has 0 atom stereocenters. The summed E-state index contributed by atoms with van der Waals surface area (Å²) in [5, 5.41) is 5.42. The molecular weight excluding hydrogens is 326 g/mol. The molecule has 0 saturated carbocycles. The van der Waals surface area contributed by atoms with Gasteiger partial charge in [0.05, 0.1) is 12.7 Å². The molecule has 2 rings (SSSR count). The topological polar surface area (TPSA) is 38.3 Å². The number of rotatable bonds is 4. The fourth-order valence-electron chi connectivity index (χ4n) is 1.74. The van der Waals surface area contributed by atoms with Gasteiger partial charge >= 0.3 is 5.97 Å². The van der Waals surface area contributed by atoms with Crippen LogP contribution in [0, 0.1) is 6.92 Å². The van der Waals surface area contributed by atoms with E-state index in [2.05, 4.69) is 32.7 Å². The third kappa shape index (κ3) is 3.58. The lowest BCUT2D eigenvalue weighted by Crippen LogP contribution is -2.04. The Hall–Kier alpha value is -1.33. The molecule has 1 aromatic carbocycles. The highest BCUT2D eigenvalue weighted by molar-refractivity contribution is 9.10. The largest absolute Gasteiger partial charge is 0.465 e. The molecule has 0 fully saturated rings. The lowest BCUT2D eigenvalue weighted by Gasteiger charge is -2.09. The van der Waals surface area contributed by atoms with Crippen molar-refractivity contribution in [1.29, 1.82) is 0 Å². The third-order valence-electron chi connectivity index (χ3n) is 2.72. The predicted octanol–water partition coefficient (Wildman–Crippen LogP) is 4.22. The molecule has 3 nitrogen and oxygen atoms in total. The summed E-state index contributed by atoms with van der Waals surface area (Å²) >= 11 is 5.14. The van der Waals surface area contributed by atoms with E-state index in [9.17, 15) is 4.79 Å². The SMILES string of the molecule is COC(=O)c1ccc(NCc2cc(Br)cs2)c(C)c1. The third-order valence-corrected chi connectivity index (χ3v) is 4.42. The lowest BCUT2D eigenvalue weighted by atomic mass is 10.1. The van der Waals surface area contributed by atoms with Gasteiger partial charge in [0.2, 0.25) is 0 Å². The number of methoxy groups -OCH3 is 1. The minimum absolute atomic E-state index is 0.308. The van der Waals surface area contributed by atoms with E-state index in [1.54, 1.807) is 17.4 Å². The molecule has 1 heterocycles. The van der Waals surface area contributed by atoms with Crippen LogP contribution in [0.3, 0.4) is 0 Å².